The van der Waals surface area contributed by atoms with Gasteiger partial charge < -0.3 is 28.4 Å². The number of aromatic nitrogens is 1. The van der Waals surface area contributed by atoms with E-state index in [2.05, 4.69) is 10.3 Å². The van der Waals surface area contributed by atoms with E-state index in [4.69, 9.17) is 23.0 Å². The first-order chi connectivity index (χ1) is 14.2. The highest BCUT2D eigenvalue weighted by Crippen LogP contribution is 2.28. The minimum absolute atomic E-state index is 0.125. The summed E-state index contributed by atoms with van der Waals surface area (Å²) >= 11 is 0. The zero-order valence-corrected chi connectivity index (χ0v) is 16.0. The summed E-state index contributed by atoms with van der Waals surface area (Å²) in [6, 6.07) is 12.9. The molecule has 0 bridgehead atoms. The molecule has 3 heterocycles. The third-order valence-electron chi connectivity index (χ3n) is 4.56. The van der Waals surface area contributed by atoms with Crippen molar-refractivity contribution in [1.29, 1.82) is 5.26 Å². The normalized spacial score (nSPS) is 15.8. The molecule has 150 valence electrons. The average Bonchev–Trinajstić information content (AvgIpc) is 3.51. The van der Waals surface area contributed by atoms with Gasteiger partial charge in [0.2, 0.25) is 11.6 Å². The summed E-state index contributed by atoms with van der Waals surface area (Å²) in [5.41, 5.74) is 0.186. The number of ether oxygens (including phenoxy) is 3. The van der Waals surface area contributed by atoms with Crippen LogP contribution in [0.2, 0.25) is 0 Å². The summed E-state index contributed by atoms with van der Waals surface area (Å²) in [7, 11) is 1.62. The van der Waals surface area contributed by atoms with Crippen molar-refractivity contribution in [2.24, 2.45) is 0 Å². The Labute approximate surface area is 168 Å². The van der Waals surface area contributed by atoms with Crippen molar-refractivity contribution in [1.82, 2.24) is 4.98 Å². The molecular formula is C21H21N3O5. The van der Waals surface area contributed by atoms with Gasteiger partial charge >= 0.3 is 0 Å². The molecule has 1 saturated heterocycles. The van der Waals surface area contributed by atoms with Gasteiger partial charge in [-0.25, -0.2) is 0 Å². The standard InChI is InChI=1S/C21H21N3O5/c1-25-14-4-6-15(7-5-14)27-13-17-8-9-19(28-17)21-24-18(11-22)20(29-21)23-12-16-3-2-10-26-16/h4-9,16,23H,2-3,10,12-13H2,1H3/t16-/m0/s1. The molecule has 3 aromatic rings. The zero-order chi connectivity index (χ0) is 20.1. The SMILES string of the molecule is COc1ccc(OCc2ccc(-c3nc(C#N)c(NC[C@@H]4CCCO4)o3)o2)cc1. The number of oxazole rings is 1. The smallest absolute Gasteiger partial charge is 0.266 e. The Balaban J connectivity index is 1.39. The number of benzene rings is 1. The van der Waals surface area contributed by atoms with Crippen molar-refractivity contribution in [2.75, 3.05) is 25.6 Å². The van der Waals surface area contributed by atoms with Crippen LogP contribution in [-0.2, 0) is 11.3 Å². The minimum Gasteiger partial charge on any atom is -0.497 e. The van der Waals surface area contributed by atoms with E-state index in [1.807, 2.05) is 30.3 Å². The molecule has 1 aromatic carbocycles. The van der Waals surface area contributed by atoms with E-state index in [1.165, 1.54) is 0 Å². The Morgan fingerprint density at radius 3 is 2.72 bits per heavy atom. The van der Waals surface area contributed by atoms with Crippen LogP contribution in [0.1, 0.15) is 24.3 Å². The van der Waals surface area contributed by atoms with E-state index in [0.717, 1.165) is 25.2 Å². The molecule has 29 heavy (non-hydrogen) atoms. The molecule has 0 saturated carbocycles. The Morgan fingerprint density at radius 1 is 1.17 bits per heavy atom. The van der Waals surface area contributed by atoms with Gasteiger partial charge in [0, 0.05) is 13.2 Å². The van der Waals surface area contributed by atoms with E-state index in [9.17, 15) is 5.26 Å². The molecule has 2 aromatic heterocycles. The van der Waals surface area contributed by atoms with Gasteiger partial charge in [0.15, 0.2) is 5.76 Å². The molecule has 8 nitrogen and oxygen atoms in total. The van der Waals surface area contributed by atoms with Gasteiger partial charge in [-0.15, -0.1) is 0 Å². The summed E-state index contributed by atoms with van der Waals surface area (Å²) in [6.07, 6.45) is 2.17. The molecule has 1 aliphatic heterocycles. The molecule has 0 radical (unpaired) electrons. The highest BCUT2D eigenvalue weighted by atomic mass is 16.5. The van der Waals surface area contributed by atoms with Crippen LogP contribution in [0.4, 0.5) is 5.88 Å². The van der Waals surface area contributed by atoms with E-state index in [-0.39, 0.29) is 24.3 Å². The fraction of sp³-hybridized carbons (Fsp3) is 0.333. The summed E-state index contributed by atoms with van der Waals surface area (Å²) in [5.74, 6) is 3.07. The second-order valence-corrected chi connectivity index (χ2v) is 6.55. The Hall–Kier alpha value is -3.44. The van der Waals surface area contributed by atoms with Crippen LogP contribution in [0.25, 0.3) is 11.7 Å². The summed E-state index contributed by atoms with van der Waals surface area (Å²) in [6.45, 7) is 1.59. The average molecular weight is 395 g/mol. The van der Waals surface area contributed by atoms with E-state index >= 15 is 0 Å². The fourth-order valence-electron chi connectivity index (χ4n) is 3.03. The maximum absolute atomic E-state index is 9.32. The van der Waals surface area contributed by atoms with Crippen LogP contribution in [0.3, 0.4) is 0 Å². The van der Waals surface area contributed by atoms with Crippen LogP contribution < -0.4 is 14.8 Å². The monoisotopic (exact) mass is 395 g/mol. The number of nitrogens with zero attached hydrogens (tertiary/aromatic N) is 2. The molecule has 0 amide bonds. The van der Waals surface area contributed by atoms with E-state index in [0.29, 0.717) is 29.7 Å². The largest absolute Gasteiger partial charge is 0.497 e. The van der Waals surface area contributed by atoms with Crippen molar-refractivity contribution in [2.45, 2.75) is 25.6 Å². The van der Waals surface area contributed by atoms with Crippen molar-refractivity contribution in [3.05, 3.63) is 47.9 Å². The second-order valence-electron chi connectivity index (χ2n) is 6.55. The van der Waals surface area contributed by atoms with Gasteiger partial charge in [-0.05, 0) is 49.2 Å². The van der Waals surface area contributed by atoms with Crippen molar-refractivity contribution in [3.63, 3.8) is 0 Å². The zero-order valence-electron chi connectivity index (χ0n) is 16.0. The molecule has 4 rings (SSSR count). The highest BCUT2D eigenvalue weighted by Gasteiger charge is 2.20. The second kappa shape index (κ2) is 8.71. The Bertz CT molecular complexity index is 981. The maximum Gasteiger partial charge on any atom is 0.266 e. The maximum atomic E-state index is 9.32. The summed E-state index contributed by atoms with van der Waals surface area (Å²) in [4.78, 5) is 4.22. The first kappa shape index (κ1) is 18.9. The lowest BCUT2D eigenvalue weighted by Gasteiger charge is -2.09. The lowest BCUT2D eigenvalue weighted by Crippen LogP contribution is -2.18. The predicted octanol–water partition coefficient (Wildman–Crippen LogP) is 3.98. The number of methoxy groups -OCH3 is 1. The number of anilines is 1. The number of hydrogen-bond donors (Lipinski definition) is 1. The van der Waals surface area contributed by atoms with Crippen molar-refractivity contribution in [3.8, 4) is 29.2 Å². The lowest BCUT2D eigenvalue weighted by atomic mass is 10.2. The van der Waals surface area contributed by atoms with Crippen LogP contribution in [0.5, 0.6) is 11.5 Å². The highest BCUT2D eigenvalue weighted by molar-refractivity contribution is 5.54. The molecule has 0 unspecified atom stereocenters. The Kier molecular flexibility index (Phi) is 5.68. The van der Waals surface area contributed by atoms with Crippen molar-refractivity contribution < 1.29 is 23.0 Å². The van der Waals surface area contributed by atoms with Crippen LogP contribution in [-0.4, -0.2) is 31.3 Å². The molecule has 1 aliphatic rings. The van der Waals surface area contributed by atoms with Gasteiger partial charge in [-0.1, -0.05) is 0 Å². The molecule has 1 N–H and O–H groups in total. The predicted molar refractivity (Wildman–Crippen MR) is 104 cm³/mol. The summed E-state index contributed by atoms with van der Waals surface area (Å²) < 4.78 is 27.9. The van der Waals surface area contributed by atoms with Crippen LogP contribution >= 0.6 is 0 Å². The van der Waals surface area contributed by atoms with Crippen molar-refractivity contribution >= 4 is 5.88 Å². The molecule has 0 spiro atoms. The molecular weight excluding hydrogens is 374 g/mol. The number of furan rings is 1. The fourth-order valence-corrected chi connectivity index (χ4v) is 3.03. The summed E-state index contributed by atoms with van der Waals surface area (Å²) in [5, 5.41) is 12.4. The van der Waals surface area contributed by atoms with Crippen LogP contribution in [0.15, 0.2) is 45.2 Å². The van der Waals surface area contributed by atoms with E-state index in [1.54, 1.807) is 19.2 Å². The van der Waals surface area contributed by atoms with Gasteiger partial charge in [0.1, 0.15) is 29.9 Å². The number of hydrogen-bond acceptors (Lipinski definition) is 8. The van der Waals surface area contributed by atoms with Gasteiger partial charge in [0.25, 0.3) is 5.89 Å². The quantitative estimate of drug-likeness (QED) is 0.611. The lowest BCUT2D eigenvalue weighted by molar-refractivity contribution is 0.120. The van der Waals surface area contributed by atoms with Gasteiger partial charge in [0.05, 0.1) is 13.2 Å². The molecule has 1 fully saturated rings. The third kappa shape index (κ3) is 4.52. The van der Waals surface area contributed by atoms with Crippen LogP contribution in [0, 0.1) is 11.3 Å². The molecule has 1 atom stereocenters. The first-order valence-electron chi connectivity index (χ1n) is 9.37. The van der Waals surface area contributed by atoms with Gasteiger partial charge in [-0.3, -0.25) is 0 Å². The third-order valence-corrected chi connectivity index (χ3v) is 4.56. The number of rotatable bonds is 8. The number of nitriles is 1. The van der Waals surface area contributed by atoms with E-state index < -0.39 is 0 Å². The first-order valence-corrected chi connectivity index (χ1v) is 9.37. The molecule has 0 aliphatic carbocycles. The molecule has 8 heteroatoms. The Morgan fingerprint density at radius 2 is 2.00 bits per heavy atom. The topological polar surface area (TPSA) is 103 Å². The number of nitrogens with one attached hydrogen (secondary N) is 1. The minimum atomic E-state index is 0.125. The van der Waals surface area contributed by atoms with Gasteiger partial charge in [-0.2, -0.15) is 10.2 Å².